The zero-order valence-electron chi connectivity index (χ0n) is 12.7. The Morgan fingerprint density at radius 2 is 1.35 bits per heavy atom. The van der Waals surface area contributed by atoms with Gasteiger partial charge in [-0.3, -0.25) is 5.26 Å². The molecule has 0 aromatic carbocycles. The molecule has 17 heavy (non-hydrogen) atoms. The maximum atomic E-state index is 9.68. The number of hydrogen-bond acceptors (Lipinski definition) is 2. The smallest absolute Gasteiger partial charge is 0.114 e. The Morgan fingerprint density at radius 1 is 0.882 bits per heavy atom. The van der Waals surface area contributed by atoms with Crippen LogP contribution in [-0.4, -0.2) is 10.9 Å². The van der Waals surface area contributed by atoms with Crippen LogP contribution in [0.15, 0.2) is 0 Å². The summed E-state index contributed by atoms with van der Waals surface area (Å²) in [7, 11) is 0. The van der Waals surface area contributed by atoms with Crippen molar-refractivity contribution in [3.05, 3.63) is 0 Å². The molecule has 0 heterocycles. The van der Waals surface area contributed by atoms with Gasteiger partial charge in [0.05, 0.1) is 0 Å². The average Bonchev–Trinajstić information content (AvgIpc) is 2.15. The van der Waals surface area contributed by atoms with E-state index in [0.29, 0.717) is 0 Å². The van der Waals surface area contributed by atoms with Crippen LogP contribution in [0.1, 0.15) is 74.1 Å². The molecular formula is C15H30O2. The first-order valence-corrected chi connectivity index (χ1v) is 6.84. The summed E-state index contributed by atoms with van der Waals surface area (Å²) in [5.41, 5.74) is -0.407. The van der Waals surface area contributed by atoms with Crippen molar-refractivity contribution in [2.45, 2.75) is 79.8 Å². The van der Waals surface area contributed by atoms with Crippen molar-refractivity contribution in [2.75, 3.05) is 0 Å². The summed E-state index contributed by atoms with van der Waals surface area (Å²) in [5.74, 6) is 0. The van der Waals surface area contributed by atoms with Gasteiger partial charge in [0, 0.05) is 5.41 Å². The molecular weight excluding hydrogens is 212 g/mol. The third kappa shape index (κ3) is 2.04. The van der Waals surface area contributed by atoms with Gasteiger partial charge >= 0.3 is 0 Å². The van der Waals surface area contributed by atoms with Gasteiger partial charge in [0.2, 0.25) is 0 Å². The van der Waals surface area contributed by atoms with Crippen LogP contribution >= 0.6 is 0 Å². The summed E-state index contributed by atoms with van der Waals surface area (Å²) in [5, 5.41) is 9.68. The van der Waals surface area contributed by atoms with Gasteiger partial charge in [0.15, 0.2) is 0 Å². The lowest BCUT2D eigenvalue weighted by atomic mass is 9.47. The van der Waals surface area contributed by atoms with Crippen molar-refractivity contribution in [3.63, 3.8) is 0 Å². The Morgan fingerprint density at radius 3 is 1.65 bits per heavy atom. The molecule has 2 unspecified atom stereocenters. The molecule has 0 radical (unpaired) electrons. The van der Waals surface area contributed by atoms with E-state index < -0.39 is 5.60 Å². The van der Waals surface area contributed by atoms with Gasteiger partial charge in [0.1, 0.15) is 5.60 Å². The maximum absolute atomic E-state index is 9.68. The van der Waals surface area contributed by atoms with E-state index >= 15 is 0 Å². The third-order valence-electron chi connectivity index (χ3n) is 5.37. The summed E-state index contributed by atoms with van der Waals surface area (Å²) in [6, 6.07) is 0. The molecule has 2 atom stereocenters. The molecule has 1 saturated carbocycles. The third-order valence-corrected chi connectivity index (χ3v) is 5.37. The largest absolute Gasteiger partial charge is 0.251 e. The van der Waals surface area contributed by atoms with Gasteiger partial charge in [-0.15, -0.1) is 0 Å². The Balaban J connectivity index is 3.34. The Kier molecular flexibility index (Phi) is 3.73. The molecule has 0 aliphatic heterocycles. The first-order chi connectivity index (χ1) is 7.52. The van der Waals surface area contributed by atoms with E-state index in [1.807, 2.05) is 0 Å². The van der Waals surface area contributed by atoms with Crippen LogP contribution < -0.4 is 0 Å². The van der Waals surface area contributed by atoms with E-state index in [1.165, 1.54) is 6.42 Å². The van der Waals surface area contributed by atoms with Gasteiger partial charge in [-0.25, -0.2) is 4.89 Å². The standard InChI is InChI=1S/C15H30O2/c1-12(2,3)14(7)10-8-9-11-15(14,17-16)13(4,5)6/h16H,8-11H2,1-7H3. The SMILES string of the molecule is CC(C)(C)C1(C)CCCCC1(OO)C(C)(C)C. The fourth-order valence-corrected chi connectivity index (χ4v) is 3.80. The molecule has 1 rings (SSSR count). The van der Waals surface area contributed by atoms with Gasteiger partial charge in [-0.2, -0.15) is 0 Å². The lowest BCUT2D eigenvalue weighted by molar-refractivity contribution is -0.399. The quantitative estimate of drug-likeness (QED) is 0.524. The molecule has 1 N–H and O–H groups in total. The number of rotatable bonds is 1. The maximum Gasteiger partial charge on any atom is 0.114 e. The molecule has 2 heteroatoms. The zero-order chi connectivity index (χ0) is 13.5. The first kappa shape index (κ1) is 15.0. The molecule has 102 valence electrons. The lowest BCUT2D eigenvalue weighted by Gasteiger charge is -2.61. The minimum atomic E-state index is -0.448. The zero-order valence-corrected chi connectivity index (χ0v) is 12.7. The van der Waals surface area contributed by atoms with E-state index in [0.717, 1.165) is 19.3 Å². The van der Waals surface area contributed by atoms with Gasteiger partial charge in [-0.1, -0.05) is 61.3 Å². The predicted molar refractivity (Wildman–Crippen MR) is 71.9 cm³/mol. The summed E-state index contributed by atoms with van der Waals surface area (Å²) in [4.78, 5) is 5.19. The molecule has 1 fully saturated rings. The highest BCUT2D eigenvalue weighted by Crippen LogP contribution is 2.61. The Bertz CT molecular complexity index is 272. The van der Waals surface area contributed by atoms with Crippen molar-refractivity contribution in [1.29, 1.82) is 0 Å². The topological polar surface area (TPSA) is 29.5 Å². The predicted octanol–water partition coefficient (Wildman–Crippen LogP) is 4.89. The van der Waals surface area contributed by atoms with E-state index in [1.54, 1.807) is 0 Å². The molecule has 1 aliphatic carbocycles. The summed E-state index contributed by atoms with van der Waals surface area (Å²) in [6.45, 7) is 15.6. The highest BCUT2D eigenvalue weighted by molar-refractivity contribution is 5.10. The van der Waals surface area contributed by atoms with Gasteiger partial charge in [-0.05, 0) is 23.7 Å². The van der Waals surface area contributed by atoms with Crippen LogP contribution in [0.3, 0.4) is 0 Å². The minimum absolute atomic E-state index is 0.00868. The van der Waals surface area contributed by atoms with Crippen LogP contribution in [0.5, 0.6) is 0 Å². The normalized spacial score (nSPS) is 36.0. The second kappa shape index (κ2) is 4.24. The summed E-state index contributed by atoms with van der Waals surface area (Å²) < 4.78 is 0. The van der Waals surface area contributed by atoms with Crippen LogP contribution in [0, 0.1) is 16.2 Å². The highest BCUT2D eigenvalue weighted by atomic mass is 17.1. The highest BCUT2D eigenvalue weighted by Gasteiger charge is 2.62. The molecule has 2 nitrogen and oxygen atoms in total. The molecule has 0 aromatic heterocycles. The van der Waals surface area contributed by atoms with Crippen molar-refractivity contribution < 1.29 is 10.1 Å². The van der Waals surface area contributed by atoms with E-state index in [-0.39, 0.29) is 16.2 Å². The second-order valence-electron chi connectivity index (χ2n) is 7.96. The van der Waals surface area contributed by atoms with Crippen molar-refractivity contribution in [1.82, 2.24) is 0 Å². The van der Waals surface area contributed by atoms with Crippen LogP contribution in [0.25, 0.3) is 0 Å². The fraction of sp³-hybridized carbons (Fsp3) is 1.00. The van der Waals surface area contributed by atoms with Crippen molar-refractivity contribution in [3.8, 4) is 0 Å². The molecule has 0 aromatic rings. The molecule has 1 aliphatic rings. The Labute approximate surface area is 107 Å². The number of hydrogen-bond donors (Lipinski definition) is 1. The second-order valence-corrected chi connectivity index (χ2v) is 7.96. The van der Waals surface area contributed by atoms with Gasteiger partial charge < -0.3 is 0 Å². The minimum Gasteiger partial charge on any atom is -0.251 e. The monoisotopic (exact) mass is 242 g/mol. The lowest BCUT2D eigenvalue weighted by Crippen LogP contribution is -2.63. The summed E-state index contributed by atoms with van der Waals surface area (Å²) in [6.07, 6.45) is 4.44. The van der Waals surface area contributed by atoms with E-state index in [2.05, 4.69) is 48.5 Å². The van der Waals surface area contributed by atoms with Crippen LogP contribution in [0.2, 0.25) is 0 Å². The van der Waals surface area contributed by atoms with Crippen molar-refractivity contribution >= 4 is 0 Å². The van der Waals surface area contributed by atoms with Crippen LogP contribution in [-0.2, 0) is 4.89 Å². The molecule has 0 spiro atoms. The molecule has 0 bridgehead atoms. The molecule has 0 amide bonds. The molecule has 0 saturated heterocycles. The Hall–Kier alpha value is -0.0800. The van der Waals surface area contributed by atoms with Crippen molar-refractivity contribution in [2.24, 2.45) is 16.2 Å². The first-order valence-electron chi connectivity index (χ1n) is 6.84. The van der Waals surface area contributed by atoms with E-state index in [9.17, 15) is 5.26 Å². The summed E-state index contributed by atoms with van der Waals surface area (Å²) >= 11 is 0. The van der Waals surface area contributed by atoms with E-state index in [4.69, 9.17) is 4.89 Å². The van der Waals surface area contributed by atoms with Gasteiger partial charge in [0.25, 0.3) is 0 Å². The average molecular weight is 242 g/mol. The van der Waals surface area contributed by atoms with Crippen LogP contribution in [0.4, 0.5) is 0 Å². The fourth-order valence-electron chi connectivity index (χ4n) is 3.80.